The lowest BCUT2D eigenvalue weighted by atomic mass is 9.99. The number of nitrogens with zero attached hydrogens (tertiary/aromatic N) is 4. The molecule has 1 amide bonds. The second kappa shape index (κ2) is 7.15. The van der Waals surface area contributed by atoms with Gasteiger partial charge in [0.15, 0.2) is 5.82 Å². The Hall–Kier alpha value is -2.08. The minimum Gasteiger partial charge on any atom is -0.360 e. The van der Waals surface area contributed by atoms with Gasteiger partial charge in [-0.2, -0.15) is 0 Å². The number of anilines is 1. The summed E-state index contributed by atoms with van der Waals surface area (Å²) in [5.41, 5.74) is 0.667. The molecule has 2 saturated carbocycles. The molecule has 144 valence electrons. The van der Waals surface area contributed by atoms with Crippen molar-refractivity contribution in [1.82, 2.24) is 20.3 Å². The molecule has 2 fully saturated rings. The molecule has 0 bridgehead atoms. The number of carbonyl (C=O) groups excluding carboxylic acids is 1. The molecule has 0 aliphatic heterocycles. The van der Waals surface area contributed by atoms with E-state index in [4.69, 9.17) is 11.6 Å². The number of hydrogen-bond donors (Lipinski definition) is 1. The average molecular weight is 388 g/mol. The van der Waals surface area contributed by atoms with Crippen LogP contribution in [-0.2, 0) is 0 Å². The zero-order valence-electron chi connectivity index (χ0n) is 16.0. The molecule has 1 aromatic carbocycles. The van der Waals surface area contributed by atoms with Gasteiger partial charge in [0, 0.05) is 30.7 Å². The van der Waals surface area contributed by atoms with Crippen LogP contribution in [0.15, 0.2) is 30.5 Å². The molecule has 0 radical (unpaired) electrons. The van der Waals surface area contributed by atoms with Gasteiger partial charge in [-0.1, -0.05) is 23.7 Å². The molecule has 2 aliphatic carbocycles. The van der Waals surface area contributed by atoms with Crippen molar-refractivity contribution in [2.75, 3.05) is 19.0 Å². The van der Waals surface area contributed by atoms with Crippen molar-refractivity contribution in [2.45, 2.75) is 38.3 Å². The van der Waals surface area contributed by atoms with Crippen molar-refractivity contribution in [3.05, 3.63) is 41.0 Å². The Labute approximate surface area is 164 Å². The van der Waals surface area contributed by atoms with Crippen LogP contribution in [0.4, 0.5) is 5.82 Å². The summed E-state index contributed by atoms with van der Waals surface area (Å²) in [6.07, 6.45) is 5.23. The van der Waals surface area contributed by atoms with Crippen LogP contribution in [0.2, 0.25) is 5.02 Å². The van der Waals surface area contributed by atoms with E-state index in [9.17, 15) is 4.79 Å². The molecule has 4 rings (SSSR count). The first-order chi connectivity index (χ1) is 13.0. The average Bonchev–Trinajstić information content (AvgIpc) is 3.05. The maximum atomic E-state index is 12.5. The van der Waals surface area contributed by atoms with Crippen LogP contribution in [0.1, 0.15) is 42.6 Å². The van der Waals surface area contributed by atoms with Crippen molar-refractivity contribution in [3.8, 4) is 0 Å². The molecule has 1 heterocycles. The number of hydrogen-bond acceptors (Lipinski definition) is 4. The predicted molar refractivity (Wildman–Crippen MR) is 106 cm³/mol. The number of aromatic nitrogens is 3. The second-order valence-electron chi connectivity index (χ2n) is 7.98. The molecule has 3 atom stereocenters. The van der Waals surface area contributed by atoms with Crippen molar-refractivity contribution in [2.24, 2.45) is 17.8 Å². The van der Waals surface area contributed by atoms with Gasteiger partial charge in [-0.15, -0.1) is 5.10 Å². The van der Waals surface area contributed by atoms with Crippen LogP contribution in [0.25, 0.3) is 0 Å². The van der Waals surface area contributed by atoms with E-state index in [1.165, 1.54) is 0 Å². The smallest absolute Gasteiger partial charge is 0.251 e. The highest BCUT2D eigenvalue weighted by Gasteiger charge is 2.59. The summed E-state index contributed by atoms with van der Waals surface area (Å²) >= 11 is 5.91. The Morgan fingerprint density at radius 3 is 2.52 bits per heavy atom. The minimum absolute atomic E-state index is 0.00746. The summed E-state index contributed by atoms with van der Waals surface area (Å²) in [5.74, 6) is 2.83. The van der Waals surface area contributed by atoms with Gasteiger partial charge in [-0.3, -0.25) is 4.79 Å². The molecule has 7 heteroatoms. The number of carbonyl (C=O) groups is 1. The number of benzene rings is 1. The molecule has 1 N–H and O–H groups in total. The molecule has 3 unspecified atom stereocenters. The zero-order valence-corrected chi connectivity index (χ0v) is 16.7. The van der Waals surface area contributed by atoms with Crippen LogP contribution in [0, 0.1) is 17.8 Å². The first-order valence-corrected chi connectivity index (χ1v) is 10.0. The summed E-state index contributed by atoms with van der Waals surface area (Å²) in [4.78, 5) is 14.5. The van der Waals surface area contributed by atoms with Crippen molar-refractivity contribution in [1.29, 1.82) is 0 Å². The van der Waals surface area contributed by atoms with Gasteiger partial charge in [0.1, 0.15) is 0 Å². The first kappa shape index (κ1) is 18.3. The lowest BCUT2D eigenvalue weighted by Gasteiger charge is -2.21. The monoisotopic (exact) mass is 387 g/mol. The summed E-state index contributed by atoms with van der Waals surface area (Å²) < 4.78 is 2.02. The van der Waals surface area contributed by atoms with E-state index in [0.717, 1.165) is 25.1 Å². The second-order valence-corrected chi connectivity index (χ2v) is 8.41. The van der Waals surface area contributed by atoms with Crippen LogP contribution in [0.5, 0.6) is 0 Å². The number of fused-ring (bicyclic) bond motifs is 1. The van der Waals surface area contributed by atoms with Crippen molar-refractivity contribution < 1.29 is 4.79 Å². The zero-order chi connectivity index (χ0) is 19.1. The fraction of sp³-hybridized carbons (Fsp3) is 0.550. The van der Waals surface area contributed by atoms with Crippen molar-refractivity contribution in [3.63, 3.8) is 0 Å². The Balaban J connectivity index is 1.35. The van der Waals surface area contributed by atoms with Gasteiger partial charge in [-0.25, -0.2) is 4.68 Å². The third-order valence-corrected chi connectivity index (χ3v) is 6.40. The normalized spacial score (nSPS) is 27.1. The van der Waals surface area contributed by atoms with E-state index in [-0.39, 0.29) is 11.9 Å². The number of rotatable bonds is 6. The molecular weight excluding hydrogens is 362 g/mol. The molecular formula is C20H26ClN5O. The molecule has 2 aliphatic rings. The summed E-state index contributed by atoms with van der Waals surface area (Å²) in [7, 11) is 3.96. The molecule has 0 spiro atoms. The van der Waals surface area contributed by atoms with Gasteiger partial charge in [0.25, 0.3) is 5.91 Å². The highest BCUT2D eigenvalue weighted by Crippen LogP contribution is 2.62. The van der Waals surface area contributed by atoms with E-state index in [1.807, 2.05) is 29.9 Å². The van der Waals surface area contributed by atoms with Crippen LogP contribution in [0.3, 0.4) is 0 Å². The number of nitrogens with one attached hydrogen (secondary N) is 1. The maximum Gasteiger partial charge on any atom is 0.251 e. The Kier molecular flexibility index (Phi) is 4.84. The van der Waals surface area contributed by atoms with Gasteiger partial charge < -0.3 is 10.2 Å². The van der Waals surface area contributed by atoms with Crippen LogP contribution >= 0.6 is 11.6 Å². The topological polar surface area (TPSA) is 63.1 Å². The Bertz CT molecular complexity index is 806. The molecule has 0 saturated heterocycles. The molecule has 2 aromatic rings. The van der Waals surface area contributed by atoms with Gasteiger partial charge >= 0.3 is 0 Å². The maximum absolute atomic E-state index is 12.5. The standard InChI is InChI=1S/C20H26ClN5O/c1-4-17(22-20(27)12-5-7-13(21)8-6-12)19-15-9-14(10-16(15)19)26-11-18(23-24-26)25(2)3/h5-8,11,14-17,19H,4,9-10H2,1-3H3,(H,22,27). The molecule has 6 nitrogen and oxygen atoms in total. The van der Waals surface area contributed by atoms with Gasteiger partial charge in [0.2, 0.25) is 0 Å². The molecule has 1 aromatic heterocycles. The van der Waals surface area contributed by atoms with Crippen LogP contribution < -0.4 is 10.2 Å². The summed E-state index contributed by atoms with van der Waals surface area (Å²) in [6, 6.07) is 7.74. The fourth-order valence-corrected chi connectivity index (χ4v) is 4.78. The third-order valence-electron chi connectivity index (χ3n) is 6.14. The van der Waals surface area contributed by atoms with E-state index >= 15 is 0 Å². The highest BCUT2D eigenvalue weighted by atomic mass is 35.5. The third kappa shape index (κ3) is 3.55. The summed E-state index contributed by atoms with van der Waals surface area (Å²) in [6.45, 7) is 2.15. The van der Waals surface area contributed by atoms with Crippen molar-refractivity contribution >= 4 is 23.3 Å². The lowest BCUT2D eigenvalue weighted by molar-refractivity contribution is 0.0926. The SMILES string of the molecule is CCC(NC(=O)c1ccc(Cl)cc1)C1C2CC(n3cc(N(C)C)nn3)CC21. The van der Waals surface area contributed by atoms with E-state index in [1.54, 1.807) is 24.3 Å². The van der Waals surface area contributed by atoms with E-state index in [0.29, 0.717) is 34.4 Å². The van der Waals surface area contributed by atoms with Crippen LogP contribution in [-0.4, -0.2) is 41.0 Å². The summed E-state index contributed by atoms with van der Waals surface area (Å²) in [5, 5.41) is 12.4. The molecule has 27 heavy (non-hydrogen) atoms. The Morgan fingerprint density at radius 2 is 1.96 bits per heavy atom. The highest BCUT2D eigenvalue weighted by molar-refractivity contribution is 6.30. The lowest BCUT2D eigenvalue weighted by Crippen LogP contribution is -2.37. The Morgan fingerprint density at radius 1 is 1.30 bits per heavy atom. The largest absolute Gasteiger partial charge is 0.360 e. The number of halogens is 1. The van der Waals surface area contributed by atoms with Gasteiger partial charge in [-0.05, 0) is 61.3 Å². The van der Waals surface area contributed by atoms with E-state index in [2.05, 4.69) is 22.6 Å². The van der Waals surface area contributed by atoms with E-state index < -0.39 is 0 Å². The predicted octanol–water partition coefficient (Wildman–Crippen LogP) is 3.40. The first-order valence-electron chi connectivity index (χ1n) is 9.63. The quantitative estimate of drug-likeness (QED) is 0.825. The van der Waals surface area contributed by atoms with Gasteiger partial charge in [0.05, 0.1) is 12.2 Å². The fourth-order valence-electron chi connectivity index (χ4n) is 4.65. The number of amides is 1. The minimum atomic E-state index is -0.00746.